The first-order valence-electron chi connectivity index (χ1n) is 14.7. The Hall–Kier alpha value is -5.49. The fourth-order valence-corrected chi connectivity index (χ4v) is 5.55. The van der Waals surface area contributed by atoms with E-state index in [0.29, 0.717) is 5.71 Å². The third-order valence-corrected chi connectivity index (χ3v) is 7.66. The predicted molar refractivity (Wildman–Crippen MR) is 179 cm³/mol. The van der Waals surface area contributed by atoms with E-state index in [1.165, 1.54) is 0 Å². The molecule has 9 rings (SSSR count). The van der Waals surface area contributed by atoms with Crippen LogP contribution in [0.1, 0.15) is 5.69 Å². The van der Waals surface area contributed by atoms with Crippen molar-refractivity contribution < 1.29 is 24.5 Å². The molecule has 0 aliphatic rings. The number of hydrogen-bond donors (Lipinski definition) is 0. The van der Waals surface area contributed by atoms with E-state index in [4.69, 9.17) is 14.4 Å². The van der Waals surface area contributed by atoms with Gasteiger partial charge in [0.15, 0.2) is 5.65 Å². The summed E-state index contributed by atoms with van der Waals surface area (Å²) in [7, 11) is 0. The molecule has 0 atom stereocenters. The second-order valence-electron chi connectivity index (χ2n) is 10.6. The van der Waals surface area contributed by atoms with Gasteiger partial charge >= 0.3 is 0 Å². The Morgan fingerprint density at radius 1 is 0.674 bits per heavy atom. The standard InChI is InChI=1S/C28H17N4O.C11H8N.Ir/c1-17-14-15-21-20-11-7-12-22(25(20)33-28(21)29-17)26-31-24-16-18-8-5-6-13-23(18)30-27(24)32(26)19-9-3-2-4-10-19;1-2-6-10(7-3-1)11-8-4-5-9-12-11;/h2-11,13-16H,1H3;1-6,8-9H;/q2*-1;. The molecule has 9 aromatic rings. The molecule has 1 radical (unpaired) electrons. The van der Waals surface area contributed by atoms with Gasteiger partial charge in [0.2, 0.25) is 5.71 Å². The van der Waals surface area contributed by atoms with Crippen LogP contribution in [0.25, 0.3) is 72.5 Å². The van der Waals surface area contributed by atoms with E-state index in [1.54, 1.807) is 6.20 Å². The van der Waals surface area contributed by atoms with Crippen LogP contribution in [0, 0.1) is 19.1 Å². The van der Waals surface area contributed by atoms with Crippen molar-refractivity contribution >= 4 is 44.1 Å². The Kier molecular flexibility index (Phi) is 7.93. The maximum Gasteiger partial charge on any atom is 0.216 e. The number of fused-ring (bicyclic) bond motifs is 5. The first-order valence-corrected chi connectivity index (χ1v) is 14.7. The van der Waals surface area contributed by atoms with Crippen LogP contribution in [0.3, 0.4) is 0 Å². The van der Waals surface area contributed by atoms with E-state index >= 15 is 0 Å². The molecule has 0 N–H and O–H groups in total. The molecule has 0 fully saturated rings. The summed E-state index contributed by atoms with van der Waals surface area (Å²) in [4.78, 5) is 18.8. The number of pyridine rings is 3. The van der Waals surface area contributed by atoms with Crippen molar-refractivity contribution in [1.29, 1.82) is 0 Å². The Balaban J connectivity index is 0.000000220. The molecule has 0 saturated carbocycles. The molecule has 0 aliphatic carbocycles. The number of nitrogens with zero attached hydrogens (tertiary/aromatic N) is 5. The molecule has 0 saturated heterocycles. The van der Waals surface area contributed by atoms with Crippen LogP contribution < -0.4 is 0 Å². The zero-order chi connectivity index (χ0) is 30.2. The summed E-state index contributed by atoms with van der Waals surface area (Å²) in [5, 5.41) is 3.04. The van der Waals surface area contributed by atoms with Crippen molar-refractivity contribution in [2.75, 3.05) is 0 Å². The molecule has 5 aromatic heterocycles. The maximum absolute atomic E-state index is 6.27. The molecule has 7 heteroatoms. The quantitative estimate of drug-likeness (QED) is 0.168. The fourth-order valence-electron chi connectivity index (χ4n) is 5.55. The van der Waals surface area contributed by atoms with Crippen molar-refractivity contribution in [3.05, 3.63) is 151 Å². The topological polar surface area (TPSA) is 69.6 Å². The second-order valence-corrected chi connectivity index (χ2v) is 10.6. The minimum absolute atomic E-state index is 0. The number of furan rings is 1. The van der Waals surface area contributed by atoms with E-state index < -0.39 is 0 Å². The van der Waals surface area contributed by atoms with Gasteiger partial charge in [-0.05, 0) is 55.1 Å². The minimum atomic E-state index is 0. The number of hydrogen-bond acceptors (Lipinski definition) is 5. The van der Waals surface area contributed by atoms with Crippen LogP contribution in [0.5, 0.6) is 0 Å². The summed E-state index contributed by atoms with van der Waals surface area (Å²) in [5.41, 5.74) is 8.59. The van der Waals surface area contributed by atoms with Crippen LogP contribution in [-0.2, 0) is 20.1 Å². The third-order valence-electron chi connectivity index (χ3n) is 7.66. The van der Waals surface area contributed by atoms with Gasteiger partial charge in [0.25, 0.3) is 0 Å². The summed E-state index contributed by atoms with van der Waals surface area (Å²) in [6.07, 6.45) is 1.79. The molecule has 223 valence electrons. The number of rotatable bonds is 3. The number of benzene rings is 4. The first kappa shape index (κ1) is 29.2. The van der Waals surface area contributed by atoms with Gasteiger partial charge in [0.05, 0.1) is 22.4 Å². The minimum Gasteiger partial charge on any atom is -0.486 e. The third kappa shape index (κ3) is 5.36. The second kappa shape index (κ2) is 12.5. The van der Waals surface area contributed by atoms with Crippen molar-refractivity contribution in [3.8, 4) is 28.3 Å². The Morgan fingerprint density at radius 2 is 1.50 bits per heavy atom. The zero-order valence-corrected chi connectivity index (χ0v) is 27.1. The van der Waals surface area contributed by atoms with Crippen LogP contribution in [0.15, 0.2) is 138 Å². The van der Waals surface area contributed by atoms with Crippen LogP contribution >= 0.6 is 0 Å². The number of aryl methyl sites for hydroxylation is 1. The van der Waals surface area contributed by atoms with Gasteiger partial charge in [-0.2, -0.15) is 0 Å². The van der Waals surface area contributed by atoms with E-state index in [9.17, 15) is 0 Å². The van der Waals surface area contributed by atoms with Crippen molar-refractivity contribution in [1.82, 2.24) is 24.5 Å². The van der Waals surface area contributed by atoms with Crippen molar-refractivity contribution in [3.63, 3.8) is 0 Å². The zero-order valence-electron chi connectivity index (χ0n) is 24.7. The van der Waals surface area contributed by atoms with Crippen LogP contribution in [0.4, 0.5) is 0 Å². The monoisotopic (exact) mass is 772 g/mol. The van der Waals surface area contributed by atoms with Gasteiger partial charge in [-0.3, -0.25) is 4.98 Å². The van der Waals surface area contributed by atoms with Gasteiger partial charge in [-0.25, -0.2) is 9.97 Å². The summed E-state index contributed by atoms with van der Waals surface area (Å²) in [5.74, 6) is 0.736. The summed E-state index contributed by atoms with van der Waals surface area (Å²) in [6, 6.07) is 48.6. The van der Waals surface area contributed by atoms with Crippen molar-refractivity contribution in [2.45, 2.75) is 6.92 Å². The van der Waals surface area contributed by atoms with Gasteiger partial charge in [-0.1, -0.05) is 59.5 Å². The molecule has 0 aliphatic heterocycles. The number of imidazole rings is 1. The predicted octanol–water partition coefficient (Wildman–Crippen LogP) is 9.19. The summed E-state index contributed by atoms with van der Waals surface area (Å²) >= 11 is 0. The fraction of sp³-hybridized carbons (Fsp3) is 0.0256. The molecule has 0 spiro atoms. The van der Waals surface area contributed by atoms with Gasteiger partial charge < -0.3 is 14.0 Å². The van der Waals surface area contributed by atoms with Crippen LogP contribution in [-0.4, -0.2) is 24.5 Å². The van der Waals surface area contributed by atoms with Gasteiger partial charge in [0, 0.05) is 48.5 Å². The smallest absolute Gasteiger partial charge is 0.216 e. The SMILES string of the molecule is Cc1ccc2c(n1)oc1c(-c3nc4cc5ccccc5nc4n3-c3ccccc3)[c-]ccc12.[Ir].[c-]1ccccc1-c1ccccn1. The molecule has 4 aromatic carbocycles. The molecule has 0 bridgehead atoms. The Bertz CT molecular complexity index is 2400. The van der Waals surface area contributed by atoms with Crippen LogP contribution in [0.2, 0.25) is 0 Å². The summed E-state index contributed by atoms with van der Waals surface area (Å²) < 4.78 is 8.35. The Morgan fingerprint density at radius 3 is 2.33 bits per heavy atom. The molecule has 0 unspecified atom stereocenters. The average Bonchev–Trinajstić information content (AvgIpc) is 3.66. The average molecular weight is 772 g/mol. The van der Waals surface area contributed by atoms with E-state index in [2.05, 4.69) is 57.0 Å². The first-order chi connectivity index (χ1) is 22.2. The Labute approximate surface area is 278 Å². The molecule has 6 nitrogen and oxygen atoms in total. The van der Waals surface area contributed by atoms with Gasteiger partial charge in [-0.15, -0.1) is 54.1 Å². The molecular weight excluding hydrogens is 747 g/mol. The van der Waals surface area contributed by atoms with Gasteiger partial charge in [0.1, 0.15) is 0 Å². The maximum atomic E-state index is 6.27. The molecule has 46 heavy (non-hydrogen) atoms. The summed E-state index contributed by atoms with van der Waals surface area (Å²) in [6.45, 7) is 1.96. The molecular formula is C39H25IrN5O-2. The molecule has 5 heterocycles. The molecule has 0 amide bonds. The van der Waals surface area contributed by atoms with E-state index in [-0.39, 0.29) is 20.1 Å². The number of aromatic nitrogens is 5. The van der Waals surface area contributed by atoms with E-state index in [1.807, 2.05) is 104 Å². The largest absolute Gasteiger partial charge is 0.486 e. The van der Waals surface area contributed by atoms with Crippen molar-refractivity contribution in [2.24, 2.45) is 0 Å². The normalized spacial score (nSPS) is 11.0. The number of para-hydroxylation sites is 2. The van der Waals surface area contributed by atoms with E-state index in [0.717, 1.165) is 72.4 Å².